The Hall–Kier alpha value is -2.57. The first-order valence-corrected chi connectivity index (χ1v) is 7.37. The van der Waals surface area contributed by atoms with Gasteiger partial charge in [0, 0.05) is 16.4 Å². The van der Waals surface area contributed by atoms with Gasteiger partial charge in [0.2, 0.25) is 0 Å². The fourth-order valence-corrected chi connectivity index (χ4v) is 2.92. The first-order chi connectivity index (χ1) is 10.4. The minimum absolute atomic E-state index is 0.888. The van der Waals surface area contributed by atoms with Crippen molar-refractivity contribution in [1.82, 2.24) is 4.98 Å². The second-order valence-electron chi connectivity index (χ2n) is 4.45. The van der Waals surface area contributed by atoms with Gasteiger partial charge in [-0.15, -0.1) is 0 Å². The number of hydrogen-bond donors (Lipinski definition) is 0. The van der Waals surface area contributed by atoms with Crippen molar-refractivity contribution in [2.24, 2.45) is 0 Å². The van der Waals surface area contributed by atoms with Crippen LogP contribution in [0.5, 0.6) is 0 Å². The van der Waals surface area contributed by atoms with E-state index in [0.717, 1.165) is 26.4 Å². The number of fused-ring (bicyclic) bond motifs is 1. The molecule has 0 aliphatic carbocycles. The lowest BCUT2D eigenvalue weighted by atomic mass is 10.2. The average Bonchev–Trinajstić information content (AvgIpc) is 2.55. The van der Waals surface area contributed by atoms with E-state index in [0.29, 0.717) is 0 Å². The van der Waals surface area contributed by atoms with Crippen LogP contribution in [0.3, 0.4) is 0 Å². The Labute approximate surface area is 127 Å². The van der Waals surface area contributed by atoms with Gasteiger partial charge in [0.05, 0.1) is 11.6 Å². The van der Waals surface area contributed by atoms with E-state index in [1.807, 2.05) is 60.7 Å². The second kappa shape index (κ2) is 6.25. The minimum atomic E-state index is 0.888. The number of rotatable bonds is 3. The molecule has 3 aromatic rings. The smallest absolute Gasteiger partial charge is 0.102 e. The quantitative estimate of drug-likeness (QED) is 0.508. The Morgan fingerprint density at radius 3 is 2.52 bits per heavy atom. The van der Waals surface area contributed by atoms with Crippen molar-refractivity contribution >= 4 is 27.6 Å². The van der Waals surface area contributed by atoms with Gasteiger partial charge in [-0.3, -0.25) is 0 Å². The number of aromatic nitrogens is 1. The summed E-state index contributed by atoms with van der Waals surface area (Å²) in [5.41, 5.74) is 1.99. The van der Waals surface area contributed by atoms with Gasteiger partial charge in [0.25, 0.3) is 0 Å². The summed E-state index contributed by atoms with van der Waals surface area (Å²) in [5.74, 6) is 0. The lowest BCUT2D eigenvalue weighted by Gasteiger charge is -2.06. The third-order valence-electron chi connectivity index (χ3n) is 3.04. The van der Waals surface area contributed by atoms with Gasteiger partial charge in [-0.25, -0.2) is 4.98 Å². The largest absolute Gasteiger partial charge is 0.241 e. The predicted molar refractivity (Wildman–Crippen MR) is 87.6 cm³/mol. The summed E-state index contributed by atoms with van der Waals surface area (Å²) in [5, 5.41) is 11.0. The zero-order valence-electron chi connectivity index (χ0n) is 11.2. The van der Waals surface area contributed by atoms with Crippen LogP contribution in [0.25, 0.3) is 15.8 Å². The molecular formula is C18H12N2S. The van der Waals surface area contributed by atoms with Crippen LogP contribution in [0, 0.1) is 11.3 Å². The van der Waals surface area contributed by atoms with E-state index in [1.165, 1.54) is 11.8 Å². The van der Waals surface area contributed by atoms with Crippen LogP contribution >= 0.6 is 11.8 Å². The summed E-state index contributed by atoms with van der Waals surface area (Å²) in [7, 11) is 0. The molecule has 0 aliphatic rings. The van der Waals surface area contributed by atoms with Crippen molar-refractivity contribution in [2.45, 2.75) is 5.03 Å². The third kappa shape index (κ3) is 3.13. The van der Waals surface area contributed by atoms with Gasteiger partial charge in [-0.2, -0.15) is 5.26 Å². The standard InChI is InChI=1S/C18H12N2S/c19-13-12-17(15-7-2-1-3-8-15)21-18-11-10-14-6-4-5-9-16(14)20-18/h1-12H/b17-12-. The lowest BCUT2D eigenvalue weighted by Crippen LogP contribution is -1.84. The second-order valence-corrected chi connectivity index (χ2v) is 5.51. The minimum Gasteiger partial charge on any atom is -0.241 e. The summed E-state index contributed by atoms with van der Waals surface area (Å²) in [4.78, 5) is 5.54. The van der Waals surface area contributed by atoms with Gasteiger partial charge in [-0.05, 0) is 17.7 Å². The molecule has 2 aromatic carbocycles. The Balaban J connectivity index is 1.95. The van der Waals surface area contributed by atoms with E-state index < -0.39 is 0 Å². The molecule has 0 N–H and O–H groups in total. The number of nitrogens with zero attached hydrogens (tertiary/aromatic N) is 2. The molecule has 3 rings (SSSR count). The third-order valence-corrected chi connectivity index (χ3v) is 4.05. The summed E-state index contributed by atoms with van der Waals surface area (Å²) >= 11 is 1.51. The molecule has 0 saturated carbocycles. The van der Waals surface area contributed by atoms with Gasteiger partial charge < -0.3 is 0 Å². The molecule has 0 atom stereocenters. The van der Waals surface area contributed by atoms with Crippen LogP contribution in [0.15, 0.2) is 77.8 Å². The SMILES string of the molecule is N#C/C=C(\Sc1ccc2ccccc2n1)c1ccccc1. The van der Waals surface area contributed by atoms with Crippen LogP contribution < -0.4 is 0 Å². The van der Waals surface area contributed by atoms with Crippen LogP contribution in [-0.4, -0.2) is 4.98 Å². The Morgan fingerprint density at radius 2 is 1.71 bits per heavy atom. The molecule has 0 spiro atoms. The Kier molecular flexibility index (Phi) is 3.99. The molecule has 0 unspecified atom stereocenters. The van der Waals surface area contributed by atoms with Crippen molar-refractivity contribution in [3.05, 3.63) is 78.4 Å². The lowest BCUT2D eigenvalue weighted by molar-refractivity contribution is 1.20. The van der Waals surface area contributed by atoms with Crippen LogP contribution in [0.1, 0.15) is 5.56 Å². The number of hydrogen-bond acceptors (Lipinski definition) is 3. The number of nitriles is 1. The molecule has 0 bridgehead atoms. The summed E-state index contributed by atoms with van der Waals surface area (Å²) in [6, 6.07) is 24.1. The van der Waals surface area contributed by atoms with Crippen molar-refractivity contribution in [1.29, 1.82) is 5.26 Å². The predicted octanol–water partition coefficient (Wildman–Crippen LogP) is 4.89. The van der Waals surface area contributed by atoms with Gasteiger partial charge in [0.15, 0.2) is 0 Å². The molecule has 0 saturated heterocycles. The molecule has 1 aromatic heterocycles. The maximum absolute atomic E-state index is 8.99. The van der Waals surface area contributed by atoms with Crippen molar-refractivity contribution in [3.63, 3.8) is 0 Å². The highest BCUT2D eigenvalue weighted by Gasteiger charge is 2.06. The molecule has 0 aliphatic heterocycles. The maximum atomic E-state index is 8.99. The zero-order valence-corrected chi connectivity index (χ0v) is 12.0. The first kappa shape index (κ1) is 13.4. The summed E-state index contributed by atoms with van der Waals surface area (Å²) < 4.78 is 0. The normalized spacial score (nSPS) is 11.3. The average molecular weight is 288 g/mol. The fraction of sp³-hybridized carbons (Fsp3) is 0. The van der Waals surface area contributed by atoms with Crippen molar-refractivity contribution in [3.8, 4) is 6.07 Å². The molecule has 0 amide bonds. The van der Waals surface area contributed by atoms with Crippen molar-refractivity contribution < 1.29 is 0 Å². The highest BCUT2D eigenvalue weighted by Crippen LogP contribution is 2.33. The van der Waals surface area contributed by atoms with E-state index in [2.05, 4.69) is 17.1 Å². The van der Waals surface area contributed by atoms with Gasteiger partial charge >= 0.3 is 0 Å². The summed E-state index contributed by atoms with van der Waals surface area (Å²) in [6.45, 7) is 0. The summed E-state index contributed by atoms with van der Waals surface area (Å²) in [6.07, 6.45) is 1.57. The number of para-hydroxylation sites is 1. The molecule has 3 heteroatoms. The molecule has 0 radical (unpaired) electrons. The van der Waals surface area contributed by atoms with E-state index in [-0.39, 0.29) is 0 Å². The highest BCUT2D eigenvalue weighted by atomic mass is 32.2. The molecular weight excluding hydrogens is 276 g/mol. The first-order valence-electron chi connectivity index (χ1n) is 6.56. The van der Waals surface area contributed by atoms with Crippen LogP contribution in [0.4, 0.5) is 0 Å². The molecule has 2 nitrogen and oxygen atoms in total. The molecule has 1 heterocycles. The maximum Gasteiger partial charge on any atom is 0.102 e. The zero-order chi connectivity index (χ0) is 14.5. The molecule has 0 fully saturated rings. The Bertz CT molecular complexity index is 832. The monoisotopic (exact) mass is 288 g/mol. The topological polar surface area (TPSA) is 36.7 Å². The molecule has 21 heavy (non-hydrogen) atoms. The van der Waals surface area contributed by atoms with E-state index in [9.17, 15) is 0 Å². The fourth-order valence-electron chi connectivity index (χ4n) is 2.05. The Morgan fingerprint density at radius 1 is 0.952 bits per heavy atom. The highest BCUT2D eigenvalue weighted by molar-refractivity contribution is 8.08. The van der Waals surface area contributed by atoms with E-state index in [4.69, 9.17) is 5.26 Å². The number of pyridine rings is 1. The number of benzene rings is 2. The van der Waals surface area contributed by atoms with Crippen LogP contribution in [-0.2, 0) is 0 Å². The molecule has 100 valence electrons. The van der Waals surface area contributed by atoms with Gasteiger partial charge in [-0.1, -0.05) is 66.4 Å². The van der Waals surface area contributed by atoms with E-state index >= 15 is 0 Å². The van der Waals surface area contributed by atoms with Crippen LogP contribution in [0.2, 0.25) is 0 Å². The van der Waals surface area contributed by atoms with Gasteiger partial charge in [0.1, 0.15) is 5.03 Å². The van der Waals surface area contributed by atoms with Crippen molar-refractivity contribution in [2.75, 3.05) is 0 Å². The van der Waals surface area contributed by atoms with E-state index in [1.54, 1.807) is 6.08 Å². The number of thioether (sulfide) groups is 1. The number of allylic oxidation sites excluding steroid dienone is 1.